The number of imidazole rings is 1. The molecule has 1 saturated carbocycles. The summed E-state index contributed by atoms with van der Waals surface area (Å²) in [6.45, 7) is 0.314. The molecule has 3 aromatic rings. The zero-order valence-electron chi connectivity index (χ0n) is 18.6. The first-order valence-electron chi connectivity index (χ1n) is 11.3. The van der Waals surface area contributed by atoms with E-state index < -0.39 is 23.1 Å². The molecule has 0 unspecified atom stereocenters. The number of fused-ring (bicyclic) bond motifs is 1. The van der Waals surface area contributed by atoms with E-state index in [1.54, 1.807) is 28.8 Å². The zero-order chi connectivity index (χ0) is 24.3. The van der Waals surface area contributed by atoms with E-state index in [4.69, 9.17) is 5.11 Å². The van der Waals surface area contributed by atoms with Crippen LogP contribution in [0.5, 0.6) is 0 Å². The topological polar surface area (TPSA) is 83.7 Å². The van der Waals surface area contributed by atoms with Crippen LogP contribution in [-0.2, 0) is 22.8 Å². The number of aliphatic carboxylic acids is 1. The fraction of sp³-hybridized carbons (Fsp3) is 0.400. The summed E-state index contributed by atoms with van der Waals surface area (Å²) in [5, 5.41) is 11.9. The van der Waals surface area contributed by atoms with Gasteiger partial charge < -0.3 is 10.4 Å². The van der Waals surface area contributed by atoms with Crippen molar-refractivity contribution in [2.45, 2.75) is 56.5 Å². The second kappa shape index (κ2) is 9.48. The Hall–Kier alpha value is -3.36. The number of aromatic nitrogens is 2. The molecule has 0 aliphatic heterocycles. The number of pyridine rings is 1. The molecule has 9 heteroatoms. The van der Waals surface area contributed by atoms with E-state index in [1.807, 2.05) is 0 Å². The van der Waals surface area contributed by atoms with Gasteiger partial charge in [0.15, 0.2) is 0 Å². The standard InChI is InChI=1S/C25H26F3N3O3/c26-25(27,28)18-9-7-17(8-10-18)24(13-2-1-3-14-24)16-29-23(34)20-5-4-6-21-30-19(15-31(20)21)11-12-22(32)33/h4-10,15H,1-3,11-14,16H2,(H,29,34)(H,32,33). The fourth-order valence-corrected chi connectivity index (χ4v) is 4.75. The number of rotatable bonds is 7. The number of carboxylic acids is 1. The molecule has 4 rings (SSSR count). The maximum absolute atomic E-state index is 13.1. The summed E-state index contributed by atoms with van der Waals surface area (Å²) in [6, 6.07) is 10.4. The van der Waals surface area contributed by atoms with E-state index in [2.05, 4.69) is 10.3 Å². The molecule has 0 spiro atoms. The van der Waals surface area contributed by atoms with Crippen molar-refractivity contribution in [2.24, 2.45) is 0 Å². The third-order valence-electron chi connectivity index (χ3n) is 6.59. The summed E-state index contributed by atoms with van der Waals surface area (Å²) in [4.78, 5) is 28.4. The van der Waals surface area contributed by atoms with E-state index in [0.29, 0.717) is 23.6 Å². The summed E-state index contributed by atoms with van der Waals surface area (Å²) in [5.74, 6) is -1.24. The minimum Gasteiger partial charge on any atom is -0.481 e. The smallest absolute Gasteiger partial charge is 0.416 e. The molecule has 2 N–H and O–H groups in total. The number of carbonyl (C=O) groups is 2. The van der Waals surface area contributed by atoms with Gasteiger partial charge in [-0.2, -0.15) is 13.2 Å². The van der Waals surface area contributed by atoms with Crippen LogP contribution >= 0.6 is 0 Å². The van der Waals surface area contributed by atoms with E-state index in [0.717, 1.165) is 49.8 Å². The van der Waals surface area contributed by atoms with E-state index >= 15 is 0 Å². The van der Waals surface area contributed by atoms with Crippen LogP contribution in [0, 0.1) is 0 Å². The average molecular weight is 473 g/mol. The fourth-order valence-electron chi connectivity index (χ4n) is 4.75. The molecular formula is C25H26F3N3O3. The highest BCUT2D eigenvalue weighted by Gasteiger charge is 2.36. The van der Waals surface area contributed by atoms with Gasteiger partial charge in [-0.15, -0.1) is 0 Å². The van der Waals surface area contributed by atoms with E-state index in [-0.39, 0.29) is 18.7 Å². The van der Waals surface area contributed by atoms with Crippen molar-refractivity contribution >= 4 is 17.5 Å². The molecule has 1 aliphatic rings. The molecule has 6 nitrogen and oxygen atoms in total. The molecule has 2 aromatic heterocycles. The average Bonchev–Trinajstić information content (AvgIpc) is 3.25. The summed E-state index contributed by atoms with van der Waals surface area (Å²) in [6.07, 6.45) is 2.00. The van der Waals surface area contributed by atoms with Crippen LogP contribution in [0.2, 0.25) is 0 Å². The first-order valence-corrected chi connectivity index (χ1v) is 11.3. The lowest BCUT2D eigenvalue weighted by Crippen LogP contribution is -2.42. The van der Waals surface area contributed by atoms with E-state index in [1.165, 1.54) is 12.1 Å². The van der Waals surface area contributed by atoms with Crippen molar-refractivity contribution in [2.75, 3.05) is 6.54 Å². The molecule has 1 aromatic carbocycles. The maximum Gasteiger partial charge on any atom is 0.416 e. The molecule has 0 bridgehead atoms. The van der Waals surface area contributed by atoms with Crippen molar-refractivity contribution in [1.29, 1.82) is 0 Å². The van der Waals surface area contributed by atoms with Gasteiger partial charge in [0.25, 0.3) is 5.91 Å². The Balaban J connectivity index is 1.55. The number of aryl methyl sites for hydroxylation is 1. The van der Waals surface area contributed by atoms with Crippen molar-refractivity contribution < 1.29 is 27.9 Å². The Kier molecular flexibility index (Phi) is 6.63. The molecule has 2 heterocycles. The lowest BCUT2D eigenvalue weighted by atomic mass is 9.69. The number of carbonyl (C=O) groups excluding carboxylic acids is 1. The monoisotopic (exact) mass is 473 g/mol. The highest BCUT2D eigenvalue weighted by molar-refractivity contribution is 5.93. The summed E-state index contributed by atoms with van der Waals surface area (Å²) >= 11 is 0. The lowest BCUT2D eigenvalue weighted by Gasteiger charge is -2.38. The summed E-state index contributed by atoms with van der Waals surface area (Å²) in [5.41, 5.74) is 1.19. The van der Waals surface area contributed by atoms with Gasteiger partial charge in [-0.05, 0) is 42.7 Å². The first-order chi connectivity index (χ1) is 16.2. The van der Waals surface area contributed by atoms with Crippen molar-refractivity contribution in [3.8, 4) is 0 Å². The van der Waals surface area contributed by atoms with Crippen LogP contribution in [0.4, 0.5) is 13.2 Å². The van der Waals surface area contributed by atoms with Gasteiger partial charge in [0, 0.05) is 24.6 Å². The third-order valence-corrected chi connectivity index (χ3v) is 6.59. The third kappa shape index (κ3) is 5.08. The van der Waals surface area contributed by atoms with Gasteiger partial charge in [0.05, 0.1) is 17.7 Å². The maximum atomic E-state index is 13.1. The number of hydrogen-bond donors (Lipinski definition) is 2. The van der Waals surface area contributed by atoms with Gasteiger partial charge in [-0.1, -0.05) is 37.5 Å². The second-order valence-electron chi connectivity index (χ2n) is 8.86. The molecule has 1 fully saturated rings. The summed E-state index contributed by atoms with van der Waals surface area (Å²) in [7, 11) is 0. The number of hydrogen-bond acceptors (Lipinski definition) is 3. The van der Waals surface area contributed by atoms with Crippen LogP contribution in [0.25, 0.3) is 5.65 Å². The van der Waals surface area contributed by atoms with Crippen LogP contribution in [0.15, 0.2) is 48.7 Å². The molecule has 0 atom stereocenters. The highest BCUT2D eigenvalue weighted by Crippen LogP contribution is 2.40. The lowest BCUT2D eigenvalue weighted by molar-refractivity contribution is -0.138. The Morgan fingerprint density at radius 1 is 1.06 bits per heavy atom. The number of amides is 1. The molecule has 1 amide bonds. The number of carboxylic acid groups (broad SMARTS) is 1. The van der Waals surface area contributed by atoms with Crippen molar-refractivity contribution in [1.82, 2.24) is 14.7 Å². The predicted molar refractivity (Wildman–Crippen MR) is 120 cm³/mol. The molecule has 0 radical (unpaired) electrons. The number of nitrogens with zero attached hydrogens (tertiary/aromatic N) is 2. The van der Waals surface area contributed by atoms with E-state index in [9.17, 15) is 22.8 Å². The van der Waals surface area contributed by atoms with Gasteiger partial charge in [-0.3, -0.25) is 14.0 Å². The number of benzene rings is 1. The molecule has 180 valence electrons. The van der Waals surface area contributed by atoms with Crippen LogP contribution in [-0.4, -0.2) is 32.9 Å². The minimum absolute atomic E-state index is 0.0545. The van der Waals surface area contributed by atoms with Crippen LogP contribution < -0.4 is 5.32 Å². The molecular weight excluding hydrogens is 447 g/mol. The van der Waals surface area contributed by atoms with Gasteiger partial charge in [0.1, 0.15) is 11.3 Å². The number of alkyl halides is 3. The van der Waals surface area contributed by atoms with Crippen LogP contribution in [0.3, 0.4) is 0 Å². The van der Waals surface area contributed by atoms with Gasteiger partial charge in [-0.25, -0.2) is 4.98 Å². The van der Waals surface area contributed by atoms with Crippen molar-refractivity contribution in [3.05, 3.63) is 71.2 Å². The van der Waals surface area contributed by atoms with Gasteiger partial charge in [0.2, 0.25) is 0 Å². The predicted octanol–water partition coefficient (Wildman–Crippen LogP) is 5.00. The second-order valence-corrected chi connectivity index (χ2v) is 8.86. The zero-order valence-corrected chi connectivity index (χ0v) is 18.6. The quantitative estimate of drug-likeness (QED) is 0.506. The Labute approximate surface area is 194 Å². The molecule has 1 aliphatic carbocycles. The number of halogens is 3. The van der Waals surface area contributed by atoms with Gasteiger partial charge >= 0.3 is 12.1 Å². The van der Waals surface area contributed by atoms with Crippen molar-refractivity contribution in [3.63, 3.8) is 0 Å². The Bertz CT molecular complexity index is 1180. The highest BCUT2D eigenvalue weighted by atomic mass is 19.4. The minimum atomic E-state index is -4.39. The first kappa shape index (κ1) is 23.8. The molecule has 34 heavy (non-hydrogen) atoms. The SMILES string of the molecule is O=C(O)CCc1cn2c(C(=O)NCC3(c4ccc(C(F)(F)F)cc4)CCCCC3)cccc2n1. The molecule has 0 saturated heterocycles. The van der Waals surface area contributed by atoms with Crippen LogP contribution in [0.1, 0.15) is 65.8 Å². The largest absolute Gasteiger partial charge is 0.481 e. The Morgan fingerprint density at radius 2 is 1.76 bits per heavy atom. The summed E-state index contributed by atoms with van der Waals surface area (Å²) < 4.78 is 40.7. The normalized spacial score (nSPS) is 15.9. The Morgan fingerprint density at radius 3 is 2.41 bits per heavy atom. The number of nitrogens with one attached hydrogen (secondary N) is 1.